The first-order chi connectivity index (χ1) is 5.41. The summed E-state index contributed by atoms with van der Waals surface area (Å²) in [6, 6.07) is 0. The molecule has 0 saturated heterocycles. The molecule has 12 heavy (non-hydrogen) atoms. The van der Waals surface area contributed by atoms with Crippen molar-refractivity contribution >= 4 is 10.1 Å². The van der Waals surface area contributed by atoms with Gasteiger partial charge in [0.1, 0.15) is 0 Å². The Balaban J connectivity index is 3.20. The highest BCUT2D eigenvalue weighted by Gasteiger charge is 2.18. The molecular weight excluding hydrogens is 176 g/mol. The van der Waals surface area contributed by atoms with Crippen molar-refractivity contribution in [3.8, 4) is 0 Å². The zero-order valence-electron chi connectivity index (χ0n) is 6.74. The molecule has 0 fully saturated rings. The first kappa shape index (κ1) is 9.22. The van der Waals surface area contributed by atoms with E-state index >= 15 is 0 Å². The van der Waals surface area contributed by atoms with Gasteiger partial charge in [-0.1, -0.05) is 18.7 Å². The van der Waals surface area contributed by atoms with Crippen LogP contribution >= 0.6 is 0 Å². The Kier molecular flexibility index (Phi) is 2.21. The molecule has 0 saturated carbocycles. The van der Waals surface area contributed by atoms with E-state index in [4.69, 9.17) is 4.55 Å². The van der Waals surface area contributed by atoms with E-state index in [-0.39, 0.29) is 11.3 Å². The van der Waals surface area contributed by atoms with Crippen LogP contribution in [0, 0.1) is 0 Å². The molecule has 66 valence electrons. The zero-order valence-corrected chi connectivity index (χ0v) is 7.56. The van der Waals surface area contributed by atoms with Crippen LogP contribution in [-0.4, -0.2) is 13.0 Å². The molecule has 1 rings (SSSR count). The van der Waals surface area contributed by atoms with Gasteiger partial charge in [0.2, 0.25) is 0 Å². The Morgan fingerprint density at radius 3 is 2.50 bits per heavy atom. The van der Waals surface area contributed by atoms with Crippen molar-refractivity contribution in [1.29, 1.82) is 0 Å². The van der Waals surface area contributed by atoms with E-state index in [9.17, 15) is 8.42 Å². The summed E-state index contributed by atoms with van der Waals surface area (Å²) in [7, 11) is -4.04. The summed E-state index contributed by atoms with van der Waals surface area (Å²) in [5.41, 5.74) is 1.26. The molecule has 0 aromatic heterocycles. The number of hydrogen-bond acceptors (Lipinski definition) is 2. The largest absolute Gasteiger partial charge is 0.291 e. The molecule has 0 heterocycles. The molecule has 0 spiro atoms. The smallest absolute Gasteiger partial charge is 0.282 e. The molecule has 1 aliphatic carbocycles. The number of rotatable bonds is 1. The Morgan fingerprint density at radius 2 is 2.08 bits per heavy atom. The van der Waals surface area contributed by atoms with Crippen molar-refractivity contribution < 1.29 is 13.0 Å². The van der Waals surface area contributed by atoms with Gasteiger partial charge in [0.25, 0.3) is 10.1 Å². The van der Waals surface area contributed by atoms with Crippen LogP contribution in [0.4, 0.5) is 0 Å². The minimum atomic E-state index is -4.04. The normalized spacial score (nSPS) is 18.7. The first-order valence-corrected chi connectivity index (χ1v) is 4.88. The van der Waals surface area contributed by atoms with Gasteiger partial charge in [-0.25, -0.2) is 0 Å². The van der Waals surface area contributed by atoms with E-state index in [1.165, 1.54) is 0 Å². The van der Waals surface area contributed by atoms with Crippen LogP contribution < -0.4 is 0 Å². The molecular formula is C8H10O3S. The molecule has 0 radical (unpaired) electrons. The third-order valence-electron chi connectivity index (χ3n) is 1.71. The minimum Gasteiger partial charge on any atom is -0.282 e. The Bertz CT molecular complexity index is 371. The van der Waals surface area contributed by atoms with Crippen LogP contribution in [0.5, 0.6) is 0 Å². The molecule has 3 nitrogen and oxygen atoms in total. The summed E-state index contributed by atoms with van der Waals surface area (Å²) in [5.74, 6) is 0. The summed E-state index contributed by atoms with van der Waals surface area (Å²) < 4.78 is 30.3. The van der Waals surface area contributed by atoms with Crippen molar-refractivity contribution in [1.82, 2.24) is 0 Å². The lowest BCUT2D eigenvalue weighted by atomic mass is 10.1. The topological polar surface area (TPSA) is 54.4 Å². The van der Waals surface area contributed by atoms with Crippen LogP contribution in [0.15, 0.2) is 34.8 Å². The zero-order chi connectivity index (χ0) is 9.35. The molecule has 1 aliphatic rings. The highest BCUT2D eigenvalue weighted by Crippen LogP contribution is 2.25. The summed E-state index contributed by atoms with van der Waals surface area (Å²) in [5, 5.41) is 0. The second-order valence-electron chi connectivity index (χ2n) is 2.75. The van der Waals surface area contributed by atoms with E-state index < -0.39 is 10.1 Å². The summed E-state index contributed by atoms with van der Waals surface area (Å²) >= 11 is 0. The van der Waals surface area contributed by atoms with Crippen molar-refractivity contribution in [2.45, 2.75) is 13.3 Å². The SMILES string of the molecule is C=C1C=CC(C)=C(S(=O)(=O)O)C1. The van der Waals surface area contributed by atoms with Crippen molar-refractivity contribution in [3.05, 3.63) is 34.8 Å². The molecule has 4 heteroatoms. The monoisotopic (exact) mass is 186 g/mol. The molecule has 1 N–H and O–H groups in total. The number of hydrogen-bond donors (Lipinski definition) is 1. The summed E-state index contributed by atoms with van der Waals surface area (Å²) in [6.07, 6.45) is 3.58. The first-order valence-electron chi connectivity index (χ1n) is 3.44. The van der Waals surface area contributed by atoms with Gasteiger partial charge in [0.05, 0.1) is 4.91 Å². The van der Waals surface area contributed by atoms with Crippen LogP contribution in [0.1, 0.15) is 13.3 Å². The van der Waals surface area contributed by atoms with E-state index in [0.717, 1.165) is 0 Å². The van der Waals surface area contributed by atoms with Crippen LogP contribution in [0.2, 0.25) is 0 Å². The lowest BCUT2D eigenvalue weighted by Gasteiger charge is -2.11. The average molecular weight is 186 g/mol. The predicted octanol–water partition coefficient (Wildman–Crippen LogP) is 1.66. The molecule has 0 amide bonds. The minimum absolute atomic E-state index is 0.0509. The van der Waals surface area contributed by atoms with Gasteiger partial charge in [-0.15, -0.1) is 0 Å². The predicted molar refractivity (Wildman–Crippen MR) is 47.1 cm³/mol. The lowest BCUT2D eigenvalue weighted by Crippen LogP contribution is -2.06. The van der Waals surface area contributed by atoms with Gasteiger partial charge in [-0.2, -0.15) is 8.42 Å². The maximum absolute atomic E-state index is 10.8. The molecule has 0 aromatic rings. The van der Waals surface area contributed by atoms with E-state index in [1.54, 1.807) is 19.1 Å². The van der Waals surface area contributed by atoms with Gasteiger partial charge < -0.3 is 0 Å². The lowest BCUT2D eigenvalue weighted by molar-refractivity contribution is 0.489. The van der Waals surface area contributed by atoms with E-state index in [1.807, 2.05) is 0 Å². The second kappa shape index (κ2) is 2.88. The van der Waals surface area contributed by atoms with Gasteiger partial charge in [0.15, 0.2) is 0 Å². The maximum atomic E-state index is 10.8. The molecule has 0 aromatic carbocycles. The Labute approximate surface area is 71.8 Å². The van der Waals surface area contributed by atoms with Gasteiger partial charge in [-0.3, -0.25) is 4.55 Å². The molecule has 0 aliphatic heterocycles. The van der Waals surface area contributed by atoms with Gasteiger partial charge >= 0.3 is 0 Å². The summed E-state index contributed by atoms with van der Waals surface area (Å²) in [6.45, 7) is 5.26. The van der Waals surface area contributed by atoms with Crippen LogP contribution in [0.25, 0.3) is 0 Å². The fourth-order valence-electron chi connectivity index (χ4n) is 1.04. The van der Waals surface area contributed by atoms with Crippen LogP contribution in [-0.2, 0) is 10.1 Å². The maximum Gasteiger partial charge on any atom is 0.291 e. The van der Waals surface area contributed by atoms with Crippen LogP contribution in [0.3, 0.4) is 0 Å². The fraction of sp³-hybridized carbons (Fsp3) is 0.250. The Hall–Kier alpha value is -0.870. The van der Waals surface area contributed by atoms with Gasteiger partial charge in [0, 0.05) is 6.42 Å². The standard InChI is InChI=1S/C8H10O3S/c1-6-3-4-7(2)8(5-6)12(9,10)11/h3-4H,1,5H2,2H3,(H,9,10,11). The summed E-state index contributed by atoms with van der Waals surface area (Å²) in [4.78, 5) is 0.0509. The quantitative estimate of drug-likeness (QED) is 0.634. The van der Waals surface area contributed by atoms with Crippen molar-refractivity contribution in [2.24, 2.45) is 0 Å². The Morgan fingerprint density at radius 1 is 1.50 bits per heavy atom. The second-order valence-corrected chi connectivity index (χ2v) is 4.19. The third-order valence-corrected chi connectivity index (χ3v) is 2.80. The van der Waals surface area contributed by atoms with Gasteiger partial charge in [-0.05, 0) is 18.1 Å². The molecule has 0 atom stereocenters. The average Bonchev–Trinajstić information content (AvgIpc) is 1.92. The molecule has 0 unspecified atom stereocenters. The highest BCUT2D eigenvalue weighted by atomic mass is 32.2. The number of allylic oxidation sites excluding steroid dienone is 5. The van der Waals surface area contributed by atoms with E-state index in [0.29, 0.717) is 11.1 Å². The third kappa shape index (κ3) is 1.84. The molecule has 0 bridgehead atoms. The fourth-order valence-corrected chi connectivity index (χ4v) is 1.88. The highest BCUT2D eigenvalue weighted by molar-refractivity contribution is 7.89. The van der Waals surface area contributed by atoms with E-state index in [2.05, 4.69) is 6.58 Å². The van der Waals surface area contributed by atoms with Crippen molar-refractivity contribution in [2.75, 3.05) is 0 Å². The van der Waals surface area contributed by atoms with Crippen molar-refractivity contribution in [3.63, 3.8) is 0 Å².